The summed E-state index contributed by atoms with van der Waals surface area (Å²) in [4.78, 5) is 7.81. The topological polar surface area (TPSA) is 29.7 Å². The van der Waals surface area contributed by atoms with Gasteiger partial charge in [-0.1, -0.05) is 11.6 Å². The van der Waals surface area contributed by atoms with E-state index in [0.29, 0.717) is 11.1 Å². The van der Waals surface area contributed by atoms with Crippen LogP contribution in [0.25, 0.3) is 16.8 Å². The lowest BCUT2D eigenvalue weighted by Crippen LogP contribution is -2.12. The molecule has 3 aromatic rings. The Kier molecular flexibility index (Phi) is 4.07. The molecule has 1 aromatic carbocycles. The number of fused-ring (bicyclic) bond motifs is 1. The second-order valence-electron chi connectivity index (χ2n) is 5.55. The van der Waals surface area contributed by atoms with E-state index < -0.39 is 17.7 Å². The van der Waals surface area contributed by atoms with Crippen molar-refractivity contribution in [3.8, 4) is 11.1 Å². The predicted octanol–water partition coefficient (Wildman–Crippen LogP) is 5.76. The zero-order chi connectivity index (χ0) is 18.5. The number of imidazole rings is 1. The Morgan fingerprint density at radius 3 is 2.48 bits per heavy atom. The number of nitrogens with zero attached hydrogens (tertiary/aromatic N) is 3. The maximum Gasteiger partial charge on any atom is 0.431 e. The molecule has 130 valence electrons. The minimum absolute atomic E-state index is 0.0203. The van der Waals surface area contributed by atoms with Gasteiger partial charge in [0.15, 0.2) is 0 Å². The van der Waals surface area contributed by atoms with Crippen molar-refractivity contribution in [1.82, 2.24) is 9.38 Å². The summed E-state index contributed by atoms with van der Waals surface area (Å²) in [6, 6.07) is 2.04. The van der Waals surface area contributed by atoms with Gasteiger partial charge in [-0.15, -0.1) is 0 Å². The molecule has 0 aliphatic rings. The molecule has 0 bridgehead atoms. The molecular formula is C17H12ClF4N3. The number of aliphatic imine (C=N–C) groups is 1. The summed E-state index contributed by atoms with van der Waals surface area (Å²) < 4.78 is 55.3. The average Bonchev–Trinajstić information content (AvgIpc) is 2.99. The van der Waals surface area contributed by atoms with E-state index in [-0.39, 0.29) is 27.5 Å². The van der Waals surface area contributed by atoms with Gasteiger partial charge in [-0.2, -0.15) is 13.2 Å². The van der Waals surface area contributed by atoms with E-state index in [2.05, 4.69) is 16.7 Å². The summed E-state index contributed by atoms with van der Waals surface area (Å²) in [5.41, 5.74) is 0.454. The molecule has 0 radical (unpaired) electrons. The molecule has 0 fully saturated rings. The molecule has 0 aliphatic heterocycles. The third-order valence-electron chi connectivity index (χ3n) is 4.09. The van der Waals surface area contributed by atoms with Gasteiger partial charge in [0.2, 0.25) is 0 Å². The molecule has 0 atom stereocenters. The SMILES string of the molecule is C=Nc1c(C)c(C)cc(F)c1-c1c(Cl)cc(C(F)(F)F)n2ccnc12. The molecule has 8 heteroatoms. The molecule has 3 rings (SSSR count). The van der Waals surface area contributed by atoms with Crippen molar-refractivity contribution in [2.45, 2.75) is 20.0 Å². The molecule has 0 unspecified atom stereocenters. The van der Waals surface area contributed by atoms with Crippen LogP contribution in [0.3, 0.4) is 0 Å². The van der Waals surface area contributed by atoms with Crippen molar-refractivity contribution in [2.24, 2.45) is 4.99 Å². The lowest BCUT2D eigenvalue weighted by atomic mass is 9.97. The number of halogens is 5. The molecule has 0 amide bonds. The first-order valence-corrected chi connectivity index (χ1v) is 7.54. The van der Waals surface area contributed by atoms with Crippen LogP contribution in [0, 0.1) is 19.7 Å². The van der Waals surface area contributed by atoms with Crippen LogP contribution in [0.1, 0.15) is 16.8 Å². The van der Waals surface area contributed by atoms with Gasteiger partial charge in [0.25, 0.3) is 0 Å². The van der Waals surface area contributed by atoms with Crippen molar-refractivity contribution >= 4 is 29.7 Å². The van der Waals surface area contributed by atoms with Crippen molar-refractivity contribution in [2.75, 3.05) is 0 Å². The number of rotatable bonds is 2. The van der Waals surface area contributed by atoms with Crippen molar-refractivity contribution in [3.05, 3.63) is 52.2 Å². The highest BCUT2D eigenvalue weighted by Gasteiger charge is 2.35. The number of benzene rings is 1. The highest BCUT2D eigenvalue weighted by atomic mass is 35.5. The number of pyridine rings is 1. The van der Waals surface area contributed by atoms with E-state index in [1.807, 2.05) is 0 Å². The van der Waals surface area contributed by atoms with E-state index in [0.717, 1.165) is 16.7 Å². The quantitative estimate of drug-likeness (QED) is 0.417. The summed E-state index contributed by atoms with van der Waals surface area (Å²) in [6.45, 7) is 6.88. The number of hydrogen-bond donors (Lipinski definition) is 0. The summed E-state index contributed by atoms with van der Waals surface area (Å²) >= 11 is 6.12. The summed E-state index contributed by atoms with van der Waals surface area (Å²) in [5, 5.41) is -0.266. The number of alkyl halides is 3. The molecule has 25 heavy (non-hydrogen) atoms. The number of aromatic nitrogens is 2. The van der Waals surface area contributed by atoms with E-state index >= 15 is 0 Å². The lowest BCUT2D eigenvalue weighted by molar-refractivity contribution is -0.142. The standard InChI is InChI=1S/C17H12ClF4N3/c1-8-6-11(19)14(15(23-3)9(8)2)13-10(18)7-12(17(20,21)22)25-5-4-24-16(13)25/h4-7H,3H2,1-2H3. The second-order valence-corrected chi connectivity index (χ2v) is 5.96. The molecule has 2 heterocycles. The number of aryl methyl sites for hydroxylation is 1. The minimum Gasteiger partial charge on any atom is -0.295 e. The maximum absolute atomic E-state index is 14.7. The van der Waals surface area contributed by atoms with Crippen LogP contribution in [0.15, 0.2) is 29.5 Å². The fraction of sp³-hybridized carbons (Fsp3) is 0.176. The summed E-state index contributed by atoms with van der Waals surface area (Å²) in [6.07, 6.45) is -2.29. The highest BCUT2D eigenvalue weighted by Crippen LogP contribution is 2.44. The molecule has 2 aromatic heterocycles. The first-order valence-electron chi connectivity index (χ1n) is 7.16. The Morgan fingerprint density at radius 2 is 1.88 bits per heavy atom. The third kappa shape index (κ3) is 2.68. The minimum atomic E-state index is -4.64. The Labute approximate surface area is 145 Å². The van der Waals surface area contributed by atoms with Crippen LogP contribution < -0.4 is 0 Å². The normalized spacial score (nSPS) is 12.0. The van der Waals surface area contributed by atoms with Crippen molar-refractivity contribution < 1.29 is 17.6 Å². The molecule has 0 N–H and O–H groups in total. The zero-order valence-electron chi connectivity index (χ0n) is 13.2. The van der Waals surface area contributed by atoms with Gasteiger partial charge in [-0.25, -0.2) is 9.37 Å². The fourth-order valence-electron chi connectivity index (χ4n) is 2.79. The Hall–Kier alpha value is -2.41. The van der Waals surface area contributed by atoms with Gasteiger partial charge in [-0.05, 0) is 43.8 Å². The Bertz CT molecular complexity index is 1010. The average molecular weight is 370 g/mol. The summed E-state index contributed by atoms with van der Waals surface area (Å²) in [7, 11) is 0. The van der Waals surface area contributed by atoms with Crippen molar-refractivity contribution in [1.29, 1.82) is 0 Å². The predicted molar refractivity (Wildman–Crippen MR) is 89.3 cm³/mol. The van der Waals surface area contributed by atoms with E-state index in [1.165, 1.54) is 12.3 Å². The van der Waals surface area contributed by atoms with Crippen LogP contribution in [0.5, 0.6) is 0 Å². The molecule has 3 nitrogen and oxygen atoms in total. The van der Waals surface area contributed by atoms with Gasteiger partial charge < -0.3 is 0 Å². The van der Waals surface area contributed by atoms with Gasteiger partial charge in [0, 0.05) is 23.5 Å². The van der Waals surface area contributed by atoms with E-state index in [1.54, 1.807) is 13.8 Å². The molecule has 0 saturated heterocycles. The zero-order valence-corrected chi connectivity index (χ0v) is 14.0. The van der Waals surface area contributed by atoms with Gasteiger partial charge in [-0.3, -0.25) is 9.39 Å². The monoisotopic (exact) mass is 369 g/mol. The van der Waals surface area contributed by atoms with Crippen LogP contribution in [0.4, 0.5) is 23.2 Å². The van der Waals surface area contributed by atoms with Crippen LogP contribution in [-0.4, -0.2) is 16.1 Å². The van der Waals surface area contributed by atoms with Crippen LogP contribution in [0.2, 0.25) is 5.02 Å². The van der Waals surface area contributed by atoms with Gasteiger partial charge in [0.05, 0.1) is 10.7 Å². The maximum atomic E-state index is 14.7. The molecule has 0 saturated carbocycles. The molecular weight excluding hydrogens is 358 g/mol. The largest absolute Gasteiger partial charge is 0.431 e. The first-order chi connectivity index (χ1) is 11.7. The first kappa shape index (κ1) is 17.4. The Morgan fingerprint density at radius 1 is 1.20 bits per heavy atom. The van der Waals surface area contributed by atoms with Gasteiger partial charge in [0.1, 0.15) is 17.2 Å². The van der Waals surface area contributed by atoms with Crippen LogP contribution >= 0.6 is 11.6 Å². The van der Waals surface area contributed by atoms with E-state index in [4.69, 9.17) is 11.6 Å². The fourth-order valence-corrected chi connectivity index (χ4v) is 3.08. The Balaban J connectivity index is 2.48. The van der Waals surface area contributed by atoms with Crippen LogP contribution in [-0.2, 0) is 6.18 Å². The molecule has 0 aliphatic carbocycles. The lowest BCUT2D eigenvalue weighted by Gasteiger charge is -2.17. The third-order valence-corrected chi connectivity index (χ3v) is 4.39. The van der Waals surface area contributed by atoms with E-state index in [9.17, 15) is 17.6 Å². The van der Waals surface area contributed by atoms with Gasteiger partial charge >= 0.3 is 6.18 Å². The second kappa shape index (κ2) is 5.84. The van der Waals surface area contributed by atoms with Crippen molar-refractivity contribution in [3.63, 3.8) is 0 Å². The smallest absolute Gasteiger partial charge is 0.295 e. The highest BCUT2D eigenvalue weighted by molar-refractivity contribution is 6.34. The summed E-state index contributed by atoms with van der Waals surface area (Å²) in [5.74, 6) is -0.656. The molecule has 0 spiro atoms. The number of hydrogen-bond acceptors (Lipinski definition) is 2.